The Morgan fingerprint density at radius 1 is 1.24 bits per heavy atom. The maximum absolute atomic E-state index is 14.1. The lowest BCUT2D eigenvalue weighted by Crippen LogP contribution is -2.35. The minimum absolute atomic E-state index is 0.0643. The molecule has 0 saturated heterocycles. The summed E-state index contributed by atoms with van der Waals surface area (Å²) < 4.78 is 29.7. The number of aromatic nitrogens is 3. The predicted molar refractivity (Wildman–Crippen MR) is 78.1 cm³/mol. The average molecular weight is 312 g/mol. The number of benzene rings is 1. The van der Waals surface area contributed by atoms with Crippen LogP contribution in [-0.4, -0.2) is 20.3 Å². The summed E-state index contributed by atoms with van der Waals surface area (Å²) in [5.41, 5.74) is 0.459. The van der Waals surface area contributed by atoms with E-state index in [0.29, 0.717) is 17.3 Å². The molecule has 0 unspecified atom stereocenters. The van der Waals surface area contributed by atoms with Gasteiger partial charge in [-0.3, -0.25) is 0 Å². The summed E-state index contributed by atoms with van der Waals surface area (Å²) in [4.78, 5) is 3.89. The first-order valence-electron chi connectivity index (χ1n) is 6.51. The van der Waals surface area contributed by atoms with Gasteiger partial charge in [0.15, 0.2) is 5.16 Å². The maximum atomic E-state index is 14.1. The number of halogens is 2. The highest BCUT2D eigenvalue weighted by molar-refractivity contribution is 7.99. The molecule has 7 heteroatoms. The third kappa shape index (κ3) is 4.25. The molecule has 0 spiro atoms. The molecule has 0 amide bonds. The van der Waals surface area contributed by atoms with E-state index in [2.05, 4.69) is 15.4 Å². The molecule has 114 valence electrons. The molecule has 0 aliphatic carbocycles. The maximum Gasteiger partial charge on any atom is 0.190 e. The summed E-state index contributed by atoms with van der Waals surface area (Å²) in [6.07, 6.45) is 1.35. The Hall–Kier alpha value is -1.47. The van der Waals surface area contributed by atoms with Crippen LogP contribution in [0.4, 0.5) is 8.78 Å². The molecule has 2 aromatic rings. The number of hydrogen-bond donors (Lipinski definition) is 1. The van der Waals surface area contributed by atoms with Crippen LogP contribution in [0.5, 0.6) is 0 Å². The minimum Gasteiger partial charge on any atom is -0.308 e. The van der Waals surface area contributed by atoms with Crippen molar-refractivity contribution in [3.63, 3.8) is 0 Å². The molecule has 21 heavy (non-hydrogen) atoms. The Bertz CT molecular complexity index is 611. The van der Waals surface area contributed by atoms with Crippen molar-refractivity contribution >= 4 is 11.8 Å². The van der Waals surface area contributed by atoms with Gasteiger partial charge in [-0.15, -0.1) is 0 Å². The molecule has 1 aromatic carbocycles. The summed E-state index contributed by atoms with van der Waals surface area (Å²) in [5, 5.41) is 7.51. The number of hydrogen-bond acceptors (Lipinski definition) is 4. The Morgan fingerprint density at radius 2 is 1.86 bits per heavy atom. The molecule has 0 fully saturated rings. The normalized spacial score (nSPS) is 11.9. The fraction of sp³-hybridized carbons (Fsp3) is 0.429. The second kappa shape index (κ2) is 6.11. The van der Waals surface area contributed by atoms with E-state index in [0.717, 1.165) is 11.8 Å². The number of nitrogens with one attached hydrogen (secondary N) is 1. The molecular weight excluding hydrogens is 294 g/mol. The van der Waals surface area contributed by atoms with Crippen molar-refractivity contribution in [2.45, 2.75) is 42.9 Å². The summed E-state index contributed by atoms with van der Waals surface area (Å²) in [6.45, 7) is 6.40. The van der Waals surface area contributed by atoms with Crippen molar-refractivity contribution in [1.29, 1.82) is 0 Å². The van der Waals surface area contributed by atoms with Gasteiger partial charge in [0.25, 0.3) is 0 Å². The Morgan fingerprint density at radius 3 is 2.33 bits per heavy atom. The average Bonchev–Trinajstić information content (AvgIpc) is 2.76. The Kier molecular flexibility index (Phi) is 4.63. The van der Waals surface area contributed by atoms with Gasteiger partial charge >= 0.3 is 0 Å². The van der Waals surface area contributed by atoms with E-state index in [1.165, 1.54) is 23.1 Å². The van der Waals surface area contributed by atoms with Gasteiger partial charge in [-0.2, -0.15) is 5.10 Å². The van der Waals surface area contributed by atoms with E-state index < -0.39 is 11.6 Å². The van der Waals surface area contributed by atoms with Gasteiger partial charge in [0, 0.05) is 19.1 Å². The molecule has 1 N–H and O–H groups in total. The van der Waals surface area contributed by atoms with E-state index in [1.807, 2.05) is 20.8 Å². The zero-order valence-electron chi connectivity index (χ0n) is 12.4. The van der Waals surface area contributed by atoms with Crippen LogP contribution in [0.15, 0.2) is 28.5 Å². The zero-order valence-corrected chi connectivity index (χ0v) is 13.3. The van der Waals surface area contributed by atoms with Gasteiger partial charge in [0.05, 0.1) is 4.90 Å². The fourth-order valence-corrected chi connectivity index (χ4v) is 2.42. The minimum atomic E-state index is -0.589. The summed E-state index contributed by atoms with van der Waals surface area (Å²) in [7, 11) is 1.67. The molecule has 1 aromatic heterocycles. The smallest absolute Gasteiger partial charge is 0.190 e. The summed E-state index contributed by atoms with van der Waals surface area (Å²) in [5.74, 6) is -1.18. The fourth-order valence-electron chi connectivity index (χ4n) is 1.65. The van der Waals surface area contributed by atoms with Crippen LogP contribution in [0, 0.1) is 11.6 Å². The molecule has 0 radical (unpaired) electrons. The van der Waals surface area contributed by atoms with E-state index in [1.54, 1.807) is 7.05 Å². The van der Waals surface area contributed by atoms with Gasteiger partial charge in [-0.1, -0.05) is 0 Å². The van der Waals surface area contributed by atoms with Crippen molar-refractivity contribution in [3.05, 3.63) is 35.7 Å². The highest BCUT2D eigenvalue weighted by atomic mass is 32.2. The second-order valence-corrected chi connectivity index (χ2v) is 6.74. The number of rotatable bonds is 4. The first kappa shape index (κ1) is 15.9. The van der Waals surface area contributed by atoms with Crippen molar-refractivity contribution in [2.24, 2.45) is 7.05 Å². The monoisotopic (exact) mass is 312 g/mol. The molecule has 0 saturated carbocycles. The summed E-state index contributed by atoms with van der Waals surface area (Å²) >= 11 is 0.925. The van der Waals surface area contributed by atoms with Crippen LogP contribution in [0.2, 0.25) is 0 Å². The van der Waals surface area contributed by atoms with Gasteiger partial charge in [-0.05, 0) is 50.2 Å². The lowest BCUT2D eigenvalue weighted by atomic mass is 10.1. The lowest BCUT2D eigenvalue weighted by molar-refractivity contribution is 0.422. The molecular formula is C14H18F2N4S. The first-order chi connectivity index (χ1) is 9.76. The molecule has 2 rings (SSSR count). The van der Waals surface area contributed by atoms with Crippen LogP contribution in [0.1, 0.15) is 26.3 Å². The third-order valence-corrected chi connectivity index (χ3v) is 3.89. The van der Waals surface area contributed by atoms with Crippen molar-refractivity contribution in [3.8, 4) is 0 Å². The standard InChI is InChI=1S/C14H18F2N4S/c1-14(2,3)18-7-9-5-10(15)12(11(16)6-9)21-13-17-8-19-20(13)4/h5-6,8,18H,7H2,1-4H3. The van der Waals surface area contributed by atoms with Crippen molar-refractivity contribution in [1.82, 2.24) is 20.1 Å². The number of nitrogens with zero attached hydrogens (tertiary/aromatic N) is 3. The van der Waals surface area contributed by atoms with Crippen LogP contribution < -0.4 is 5.32 Å². The van der Waals surface area contributed by atoms with Crippen molar-refractivity contribution < 1.29 is 8.78 Å². The zero-order chi connectivity index (χ0) is 15.6. The molecule has 0 aliphatic rings. The largest absolute Gasteiger partial charge is 0.308 e. The highest BCUT2D eigenvalue weighted by Gasteiger charge is 2.16. The molecule has 1 heterocycles. The Labute approximate surface area is 127 Å². The topological polar surface area (TPSA) is 42.7 Å². The molecule has 4 nitrogen and oxygen atoms in total. The van der Waals surface area contributed by atoms with Gasteiger partial charge in [0.1, 0.15) is 18.0 Å². The molecule has 0 aliphatic heterocycles. The van der Waals surface area contributed by atoms with E-state index in [4.69, 9.17) is 0 Å². The Balaban J connectivity index is 2.19. The highest BCUT2D eigenvalue weighted by Crippen LogP contribution is 2.31. The van der Waals surface area contributed by atoms with Gasteiger partial charge in [-0.25, -0.2) is 18.4 Å². The molecule has 0 atom stereocenters. The summed E-state index contributed by atoms with van der Waals surface area (Å²) in [6, 6.07) is 2.70. The van der Waals surface area contributed by atoms with Gasteiger partial charge < -0.3 is 5.32 Å². The molecule has 0 bridgehead atoms. The van der Waals surface area contributed by atoms with Crippen LogP contribution in [-0.2, 0) is 13.6 Å². The second-order valence-electron chi connectivity index (χ2n) is 5.76. The SMILES string of the molecule is Cn1ncnc1Sc1c(F)cc(CNC(C)(C)C)cc1F. The van der Waals surface area contributed by atoms with Crippen LogP contribution >= 0.6 is 11.8 Å². The predicted octanol–water partition coefficient (Wildman–Crippen LogP) is 3.13. The third-order valence-electron chi connectivity index (χ3n) is 2.74. The van der Waals surface area contributed by atoms with Crippen LogP contribution in [0.25, 0.3) is 0 Å². The lowest BCUT2D eigenvalue weighted by Gasteiger charge is -2.20. The van der Waals surface area contributed by atoms with E-state index >= 15 is 0 Å². The number of aryl methyl sites for hydroxylation is 1. The van der Waals surface area contributed by atoms with E-state index in [-0.39, 0.29) is 10.4 Å². The quantitative estimate of drug-likeness (QED) is 0.942. The van der Waals surface area contributed by atoms with Gasteiger partial charge in [0.2, 0.25) is 0 Å². The first-order valence-corrected chi connectivity index (χ1v) is 7.33. The van der Waals surface area contributed by atoms with Crippen LogP contribution in [0.3, 0.4) is 0 Å². The van der Waals surface area contributed by atoms with Crippen molar-refractivity contribution in [2.75, 3.05) is 0 Å². The van der Waals surface area contributed by atoms with E-state index in [9.17, 15) is 8.78 Å².